The molecule has 1 aliphatic heterocycles. The number of ether oxygens (including phenoxy) is 3. The highest BCUT2D eigenvalue weighted by molar-refractivity contribution is 5.42. The summed E-state index contributed by atoms with van der Waals surface area (Å²) in [4.78, 5) is 0. The topological polar surface area (TPSA) is 39.7 Å². The van der Waals surface area contributed by atoms with Crippen LogP contribution in [0.25, 0.3) is 0 Å². The Kier molecular flexibility index (Phi) is 6.15. The van der Waals surface area contributed by atoms with Gasteiger partial charge in [-0.25, -0.2) is 0 Å². The largest absolute Gasteiger partial charge is 0.493 e. The van der Waals surface area contributed by atoms with Gasteiger partial charge in [0.2, 0.25) is 0 Å². The van der Waals surface area contributed by atoms with Gasteiger partial charge in [-0.1, -0.05) is 6.07 Å². The van der Waals surface area contributed by atoms with Crippen LogP contribution in [0, 0.1) is 0 Å². The van der Waals surface area contributed by atoms with E-state index in [-0.39, 0.29) is 0 Å². The molecule has 20 heavy (non-hydrogen) atoms. The Morgan fingerprint density at radius 3 is 2.90 bits per heavy atom. The second-order valence-corrected chi connectivity index (χ2v) is 5.04. The predicted octanol–water partition coefficient (Wildman–Crippen LogP) is 2.75. The molecule has 0 spiro atoms. The Balaban J connectivity index is 1.82. The predicted molar refractivity (Wildman–Crippen MR) is 79.5 cm³/mol. The molecule has 1 unspecified atom stereocenters. The quantitative estimate of drug-likeness (QED) is 0.833. The Morgan fingerprint density at radius 2 is 2.20 bits per heavy atom. The lowest BCUT2D eigenvalue weighted by molar-refractivity contribution is 0.0168. The molecule has 1 aromatic carbocycles. The first-order chi connectivity index (χ1) is 9.83. The van der Waals surface area contributed by atoms with Gasteiger partial charge in [0.05, 0.1) is 19.8 Å². The highest BCUT2D eigenvalue weighted by Crippen LogP contribution is 2.27. The van der Waals surface area contributed by atoms with E-state index in [2.05, 4.69) is 11.4 Å². The summed E-state index contributed by atoms with van der Waals surface area (Å²) < 4.78 is 16.6. The fraction of sp³-hybridized carbons (Fsp3) is 0.625. The molecule has 1 atom stereocenters. The minimum Gasteiger partial charge on any atom is -0.493 e. The lowest BCUT2D eigenvalue weighted by Gasteiger charge is -2.22. The number of hydrogen-bond acceptors (Lipinski definition) is 4. The first-order valence-electron chi connectivity index (χ1n) is 7.45. The van der Waals surface area contributed by atoms with E-state index in [1.54, 1.807) is 7.11 Å². The van der Waals surface area contributed by atoms with Gasteiger partial charge in [0.25, 0.3) is 0 Å². The molecule has 0 radical (unpaired) electrons. The minimum atomic E-state index is 0.369. The second-order valence-electron chi connectivity index (χ2n) is 5.04. The highest BCUT2D eigenvalue weighted by Gasteiger charge is 2.13. The molecule has 0 bridgehead atoms. The summed E-state index contributed by atoms with van der Waals surface area (Å²) in [6.07, 6.45) is 4.02. The molecule has 1 heterocycles. The molecule has 0 aromatic heterocycles. The van der Waals surface area contributed by atoms with Gasteiger partial charge in [0, 0.05) is 19.7 Å². The van der Waals surface area contributed by atoms with Crippen molar-refractivity contribution in [3.63, 3.8) is 0 Å². The third-order valence-electron chi connectivity index (χ3n) is 3.50. The van der Waals surface area contributed by atoms with Crippen molar-refractivity contribution < 1.29 is 14.2 Å². The van der Waals surface area contributed by atoms with Crippen LogP contribution in [0.2, 0.25) is 0 Å². The summed E-state index contributed by atoms with van der Waals surface area (Å²) >= 11 is 0. The molecule has 0 saturated carbocycles. The first-order valence-corrected chi connectivity index (χ1v) is 7.45. The zero-order valence-electron chi connectivity index (χ0n) is 12.5. The van der Waals surface area contributed by atoms with Gasteiger partial charge in [0.1, 0.15) is 0 Å². The van der Waals surface area contributed by atoms with Crippen LogP contribution < -0.4 is 14.8 Å². The SMILES string of the molecule is CCOc1ccc(CNCC2CCCCO2)cc1OC. The maximum atomic E-state index is 5.70. The third kappa shape index (κ3) is 4.39. The van der Waals surface area contributed by atoms with Crippen molar-refractivity contribution in [2.75, 3.05) is 26.9 Å². The van der Waals surface area contributed by atoms with Crippen LogP contribution in [-0.2, 0) is 11.3 Å². The number of rotatable bonds is 7. The summed E-state index contributed by atoms with van der Waals surface area (Å²) in [6.45, 7) is 5.26. The molecule has 112 valence electrons. The first kappa shape index (κ1) is 15.1. The van der Waals surface area contributed by atoms with E-state index in [1.165, 1.54) is 24.8 Å². The van der Waals surface area contributed by atoms with Crippen LogP contribution in [0.5, 0.6) is 11.5 Å². The molecule has 1 fully saturated rings. The van der Waals surface area contributed by atoms with E-state index >= 15 is 0 Å². The molecule has 4 nitrogen and oxygen atoms in total. The summed E-state index contributed by atoms with van der Waals surface area (Å²) in [6, 6.07) is 6.07. The Hall–Kier alpha value is -1.26. The molecule has 1 N–H and O–H groups in total. The van der Waals surface area contributed by atoms with Crippen molar-refractivity contribution in [1.82, 2.24) is 5.32 Å². The van der Waals surface area contributed by atoms with E-state index in [0.29, 0.717) is 12.7 Å². The fourth-order valence-electron chi connectivity index (χ4n) is 2.44. The van der Waals surface area contributed by atoms with Gasteiger partial charge in [0.15, 0.2) is 11.5 Å². The number of benzene rings is 1. The number of methoxy groups -OCH3 is 1. The van der Waals surface area contributed by atoms with Gasteiger partial charge < -0.3 is 19.5 Å². The summed E-state index contributed by atoms with van der Waals surface area (Å²) in [7, 11) is 1.67. The van der Waals surface area contributed by atoms with Crippen molar-refractivity contribution in [2.24, 2.45) is 0 Å². The van der Waals surface area contributed by atoms with E-state index in [0.717, 1.165) is 31.2 Å². The minimum absolute atomic E-state index is 0.369. The fourth-order valence-corrected chi connectivity index (χ4v) is 2.44. The lowest BCUT2D eigenvalue weighted by atomic mass is 10.1. The van der Waals surface area contributed by atoms with Gasteiger partial charge >= 0.3 is 0 Å². The monoisotopic (exact) mass is 279 g/mol. The number of nitrogens with one attached hydrogen (secondary N) is 1. The van der Waals surface area contributed by atoms with Crippen LogP contribution in [0.1, 0.15) is 31.7 Å². The Morgan fingerprint density at radius 1 is 1.30 bits per heavy atom. The maximum Gasteiger partial charge on any atom is 0.161 e. The van der Waals surface area contributed by atoms with Gasteiger partial charge in [-0.3, -0.25) is 0 Å². The molecule has 0 aliphatic carbocycles. The van der Waals surface area contributed by atoms with Gasteiger partial charge in [-0.2, -0.15) is 0 Å². The molecule has 1 aliphatic rings. The zero-order valence-corrected chi connectivity index (χ0v) is 12.5. The van der Waals surface area contributed by atoms with Crippen LogP contribution in [0.4, 0.5) is 0 Å². The Bertz CT molecular complexity index is 403. The smallest absolute Gasteiger partial charge is 0.161 e. The average Bonchev–Trinajstić information content (AvgIpc) is 2.50. The zero-order chi connectivity index (χ0) is 14.2. The molecular weight excluding hydrogens is 254 g/mol. The van der Waals surface area contributed by atoms with Crippen LogP contribution in [-0.4, -0.2) is 33.0 Å². The molecule has 4 heteroatoms. The number of hydrogen-bond donors (Lipinski definition) is 1. The summed E-state index contributed by atoms with van der Waals surface area (Å²) in [5, 5.41) is 3.45. The highest BCUT2D eigenvalue weighted by atomic mass is 16.5. The summed E-state index contributed by atoms with van der Waals surface area (Å²) in [5.41, 5.74) is 1.20. The van der Waals surface area contributed by atoms with Crippen LogP contribution in [0.15, 0.2) is 18.2 Å². The normalized spacial score (nSPS) is 18.8. The molecule has 1 saturated heterocycles. The second kappa shape index (κ2) is 8.12. The van der Waals surface area contributed by atoms with E-state index in [1.807, 2.05) is 19.1 Å². The van der Waals surface area contributed by atoms with Crippen LogP contribution in [0.3, 0.4) is 0 Å². The van der Waals surface area contributed by atoms with Crippen molar-refractivity contribution in [3.8, 4) is 11.5 Å². The third-order valence-corrected chi connectivity index (χ3v) is 3.50. The average molecular weight is 279 g/mol. The molecule has 0 amide bonds. The summed E-state index contributed by atoms with van der Waals surface area (Å²) in [5.74, 6) is 1.59. The maximum absolute atomic E-state index is 5.70. The molecule has 1 aromatic rings. The van der Waals surface area contributed by atoms with Crippen LogP contribution >= 0.6 is 0 Å². The van der Waals surface area contributed by atoms with E-state index in [9.17, 15) is 0 Å². The van der Waals surface area contributed by atoms with Crippen molar-refractivity contribution in [3.05, 3.63) is 23.8 Å². The van der Waals surface area contributed by atoms with E-state index < -0.39 is 0 Å². The van der Waals surface area contributed by atoms with E-state index in [4.69, 9.17) is 14.2 Å². The van der Waals surface area contributed by atoms with Gasteiger partial charge in [-0.15, -0.1) is 0 Å². The van der Waals surface area contributed by atoms with Crippen molar-refractivity contribution in [1.29, 1.82) is 0 Å². The standard InChI is InChI=1S/C16H25NO3/c1-3-19-15-8-7-13(10-16(15)18-2)11-17-12-14-6-4-5-9-20-14/h7-8,10,14,17H,3-6,9,11-12H2,1-2H3. The van der Waals surface area contributed by atoms with Gasteiger partial charge in [-0.05, 0) is 43.9 Å². The molecule has 2 rings (SSSR count). The molecular formula is C16H25NO3. The van der Waals surface area contributed by atoms with Crippen molar-refractivity contribution in [2.45, 2.75) is 38.8 Å². The lowest BCUT2D eigenvalue weighted by Crippen LogP contribution is -2.31. The van der Waals surface area contributed by atoms with Crippen molar-refractivity contribution >= 4 is 0 Å². The Labute approximate surface area is 121 Å².